The molecule has 0 saturated heterocycles. The van der Waals surface area contributed by atoms with E-state index in [2.05, 4.69) is 39.0 Å². The van der Waals surface area contributed by atoms with Crippen molar-refractivity contribution in [3.8, 4) is 0 Å². The van der Waals surface area contributed by atoms with Crippen LogP contribution in [0.5, 0.6) is 0 Å². The molecule has 0 radical (unpaired) electrons. The van der Waals surface area contributed by atoms with Crippen molar-refractivity contribution in [2.24, 2.45) is 0 Å². The fraction of sp³-hybridized carbons (Fsp3) is 0.571. The zero-order chi connectivity index (χ0) is 11.3. The third kappa shape index (κ3) is 3.87. The van der Waals surface area contributed by atoms with Crippen molar-refractivity contribution in [1.82, 2.24) is 0 Å². The van der Waals surface area contributed by atoms with Crippen LogP contribution in [0.3, 0.4) is 0 Å². The predicted octanol–water partition coefficient (Wildman–Crippen LogP) is 4.64. The standard InChI is InChI=1S/C14H21Cl/c1-4-6-14(15)10-9-13-8-5-7-11(2)12(13)3/h5,7-8,14H,4,6,9-10H2,1-3H3. The zero-order valence-corrected chi connectivity index (χ0v) is 10.8. The Bertz CT molecular complexity index is 304. The van der Waals surface area contributed by atoms with E-state index >= 15 is 0 Å². The van der Waals surface area contributed by atoms with Crippen LogP contribution in [0.15, 0.2) is 18.2 Å². The highest BCUT2D eigenvalue weighted by Gasteiger charge is 2.05. The minimum atomic E-state index is 0.343. The van der Waals surface area contributed by atoms with Gasteiger partial charge in [-0.1, -0.05) is 31.5 Å². The van der Waals surface area contributed by atoms with Crippen LogP contribution >= 0.6 is 11.6 Å². The van der Waals surface area contributed by atoms with E-state index in [1.165, 1.54) is 23.1 Å². The van der Waals surface area contributed by atoms with Gasteiger partial charge < -0.3 is 0 Å². The van der Waals surface area contributed by atoms with Gasteiger partial charge in [0.05, 0.1) is 0 Å². The Labute approximate surface area is 98.7 Å². The van der Waals surface area contributed by atoms with Gasteiger partial charge in [-0.15, -0.1) is 11.6 Å². The highest BCUT2D eigenvalue weighted by Crippen LogP contribution is 2.18. The van der Waals surface area contributed by atoms with E-state index in [9.17, 15) is 0 Å². The molecule has 0 aliphatic rings. The summed E-state index contributed by atoms with van der Waals surface area (Å²) in [7, 11) is 0. The van der Waals surface area contributed by atoms with E-state index in [-0.39, 0.29) is 0 Å². The second-order valence-electron chi connectivity index (χ2n) is 4.28. The average molecular weight is 225 g/mol. The van der Waals surface area contributed by atoms with E-state index in [0.717, 1.165) is 19.3 Å². The van der Waals surface area contributed by atoms with Crippen LogP contribution in [0, 0.1) is 13.8 Å². The predicted molar refractivity (Wildman–Crippen MR) is 68.8 cm³/mol. The number of hydrogen-bond donors (Lipinski definition) is 0. The van der Waals surface area contributed by atoms with Crippen molar-refractivity contribution in [3.05, 3.63) is 34.9 Å². The van der Waals surface area contributed by atoms with Crippen LogP contribution in [0.1, 0.15) is 42.9 Å². The van der Waals surface area contributed by atoms with Crippen molar-refractivity contribution in [1.29, 1.82) is 0 Å². The molecule has 0 bridgehead atoms. The SMILES string of the molecule is CCCC(Cl)CCc1cccc(C)c1C. The molecule has 0 heterocycles. The number of alkyl halides is 1. The summed E-state index contributed by atoms with van der Waals surface area (Å²) in [5.41, 5.74) is 4.27. The first kappa shape index (κ1) is 12.6. The third-order valence-corrected chi connectivity index (χ3v) is 3.48. The lowest BCUT2D eigenvalue weighted by atomic mass is 9.98. The Kier molecular flexibility index (Phi) is 5.17. The maximum atomic E-state index is 6.22. The van der Waals surface area contributed by atoms with Crippen LogP contribution in [-0.4, -0.2) is 5.38 Å². The molecule has 1 aromatic carbocycles. The first-order chi connectivity index (χ1) is 7.15. The first-order valence-electron chi connectivity index (χ1n) is 5.84. The fourth-order valence-corrected chi connectivity index (χ4v) is 2.18. The lowest BCUT2D eigenvalue weighted by Crippen LogP contribution is -2.01. The molecule has 1 aromatic rings. The van der Waals surface area contributed by atoms with Gasteiger partial charge in [-0.05, 0) is 49.8 Å². The summed E-state index contributed by atoms with van der Waals surface area (Å²) >= 11 is 6.22. The maximum Gasteiger partial charge on any atom is 0.0339 e. The van der Waals surface area contributed by atoms with Gasteiger partial charge in [-0.25, -0.2) is 0 Å². The molecule has 0 N–H and O–H groups in total. The second-order valence-corrected chi connectivity index (χ2v) is 4.90. The van der Waals surface area contributed by atoms with Gasteiger partial charge in [0.2, 0.25) is 0 Å². The Morgan fingerprint density at radius 1 is 1.20 bits per heavy atom. The molecule has 0 aliphatic carbocycles. The van der Waals surface area contributed by atoms with Crippen molar-refractivity contribution in [3.63, 3.8) is 0 Å². The summed E-state index contributed by atoms with van der Waals surface area (Å²) in [5.74, 6) is 0. The van der Waals surface area contributed by atoms with E-state index in [1.54, 1.807) is 0 Å². The maximum absolute atomic E-state index is 6.22. The monoisotopic (exact) mass is 224 g/mol. The fourth-order valence-electron chi connectivity index (χ4n) is 1.85. The number of benzene rings is 1. The molecule has 84 valence electrons. The largest absolute Gasteiger partial charge is 0.123 e. The highest BCUT2D eigenvalue weighted by atomic mass is 35.5. The average Bonchev–Trinajstić information content (AvgIpc) is 2.21. The molecule has 1 heteroatoms. The van der Waals surface area contributed by atoms with Gasteiger partial charge in [0.15, 0.2) is 0 Å². The van der Waals surface area contributed by atoms with Gasteiger partial charge in [-0.2, -0.15) is 0 Å². The molecule has 0 saturated carbocycles. The smallest absolute Gasteiger partial charge is 0.0339 e. The Balaban J connectivity index is 2.54. The number of aryl methyl sites for hydroxylation is 2. The number of rotatable bonds is 5. The molecule has 0 amide bonds. The summed E-state index contributed by atoms with van der Waals surface area (Å²) in [4.78, 5) is 0. The molecule has 1 rings (SSSR count). The molecular weight excluding hydrogens is 204 g/mol. The molecule has 0 fully saturated rings. The zero-order valence-electron chi connectivity index (χ0n) is 10.0. The summed E-state index contributed by atoms with van der Waals surface area (Å²) in [6, 6.07) is 6.53. The van der Waals surface area contributed by atoms with Crippen LogP contribution in [0.4, 0.5) is 0 Å². The third-order valence-electron chi connectivity index (χ3n) is 3.05. The van der Waals surface area contributed by atoms with Crippen LogP contribution < -0.4 is 0 Å². The lowest BCUT2D eigenvalue weighted by Gasteiger charge is -2.11. The molecule has 0 spiro atoms. The van der Waals surface area contributed by atoms with Gasteiger partial charge in [0, 0.05) is 5.38 Å². The summed E-state index contributed by atoms with van der Waals surface area (Å²) in [5, 5.41) is 0.343. The van der Waals surface area contributed by atoms with Gasteiger partial charge in [0.25, 0.3) is 0 Å². The normalized spacial score (nSPS) is 12.8. The van der Waals surface area contributed by atoms with E-state index in [1.807, 2.05) is 0 Å². The lowest BCUT2D eigenvalue weighted by molar-refractivity contribution is 0.674. The second kappa shape index (κ2) is 6.17. The Morgan fingerprint density at radius 3 is 2.60 bits per heavy atom. The van der Waals surface area contributed by atoms with Crippen molar-refractivity contribution < 1.29 is 0 Å². The molecule has 1 atom stereocenters. The van der Waals surface area contributed by atoms with E-state index in [4.69, 9.17) is 11.6 Å². The van der Waals surface area contributed by atoms with Gasteiger partial charge in [-0.3, -0.25) is 0 Å². The quantitative estimate of drug-likeness (QED) is 0.639. The van der Waals surface area contributed by atoms with Crippen molar-refractivity contribution >= 4 is 11.6 Å². The Morgan fingerprint density at radius 2 is 1.93 bits per heavy atom. The molecule has 0 aromatic heterocycles. The molecule has 1 unspecified atom stereocenters. The molecule has 15 heavy (non-hydrogen) atoms. The van der Waals surface area contributed by atoms with Crippen LogP contribution in [0.25, 0.3) is 0 Å². The van der Waals surface area contributed by atoms with Crippen LogP contribution in [0.2, 0.25) is 0 Å². The topological polar surface area (TPSA) is 0 Å². The van der Waals surface area contributed by atoms with Crippen LogP contribution in [-0.2, 0) is 6.42 Å². The Hall–Kier alpha value is -0.490. The minimum Gasteiger partial charge on any atom is -0.123 e. The summed E-state index contributed by atoms with van der Waals surface area (Å²) < 4.78 is 0. The first-order valence-corrected chi connectivity index (χ1v) is 6.28. The molecule has 0 nitrogen and oxygen atoms in total. The van der Waals surface area contributed by atoms with Gasteiger partial charge in [0.1, 0.15) is 0 Å². The minimum absolute atomic E-state index is 0.343. The van der Waals surface area contributed by atoms with E-state index < -0.39 is 0 Å². The summed E-state index contributed by atoms with van der Waals surface area (Å²) in [6.45, 7) is 6.56. The van der Waals surface area contributed by atoms with Crippen molar-refractivity contribution in [2.75, 3.05) is 0 Å². The molecular formula is C14H21Cl. The van der Waals surface area contributed by atoms with Gasteiger partial charge >= 0.3 is 0 Å². The number of hydrogen-bond acceptors (Lipinski definition) is 0. The molecule has 0 aliphatic heterocycles. The number of halogens is 1. The highest BCUT2D eigenvalue weighted by molar-refractivity contribution is 6.20. The van der Waals surface area contributed by atoms with Crippen molar-refractivity contribution in [2.45, 2.75) is 51.8 Å². The summed E-state index contributed by atoms with van der Waals surface area (Å²) in [6.07, 6.45) is 4.52. The van der Waals surface area contributed by atoms with E-state index in [0.29, 0.717) is 5.38 Å².